The van der Waals surface area contributed by atoms with Gasteiger partial charge in [0.25, 0.3) is 0 Å². The first-order chi connectivity index (χ1) is 8.77. The summed E-state index contributed by atoms with van der Waals surface area (Å²) >= 11 is 0. The van der Waals surface area contributed by atoms with E-state index in [2.05, 4.69) is 25.8 Å². The van der Waals surface area contributed by atoms with E-state index in [1.807, 2.05) is 6.92 Å². The molecule has 5 heteroatoms. The summed E-state index contributed by atoms with van der Waals surface area (Å²) in [5.74, 6) is 0. The molecule has 108 valence electrons. The first-order valence-electron chi connectivity index (χ1n) is 6.67. The van der Waals surface area contributed by atoms with Gasteiger partial charge in [-0.3, -0.25) is 4.98 Å². The fourth-order valence-electron chi connectivity index (χ4n) is 1.71. The van der Waals surface area contributed by atoms with E-state index in [1.165, 1.54) is 6.20 Å². The van der Waals surface area contributed by atoms with Gasteiger partial charge in [-0.15, -0.1) is 0 Å². The molecule has 1 aromatic heterocycles. The molecule has 0 radical (unpaired) electrons. The predicted molar refractivity (Wildman–Crippen MR) is 77.4 cm³/mol. The molecule has 0 saturated heterocycles. The number of nitrogens with zero attached hydrogens (tertiary/aromatic N) is 2. The molecule has 1 aromatic rings. The Morgan fingerprint density at radius 3 is 2.42 bits per heavy atom. The molecule has 0 N–H and O–H groups in total. The standard InChI is InChI=1S/C14H24N2O2S/c1-5-10-16(11-8-14(2,3)4)19(17,18)13-7-6-9-15-12-13/h6-7,9,12H,5,8,10-11H2,1-4H3. The second kappa shape index (κ2) is 6.48. The molecule has 0 aliphatic carbocycles. The van der Waals surface area contributed by atoms with Gasteiger partial charge >= 0.3 is 0 Å². The van der Waals surface area contributed by atoms with Crippen molar-refractivity contribution >= 4 is 10.0 Å². The summed E-state index contributed by atoms with van der Waals surface area (Å²) in [6.45, 7) is 9.44. The maximum Gasteiger partial charge on any atom is 0.244 e. The average molecular weight is 284 g/mol. The number of hydrogen-bond acceptors (Lipinski definition) is 3. The molecular weight excluding hydrogens is 260 g/mol. The van der Waals surface area contributed by atoms with Crippen LogP contribution in [-0.4, -0.2) is 30.8 Å². The van der Waals surface area contributed by atoms with Crippen molar-refractivity contribution < 1.29 is 8.42 Å². The Hall–Kier alpha value is -0.940. The quantitative estimate of drug-likeness (QED) is 0.807. The van der Waals surface area contributed by atoms with Crippen LogP contribution in [0.15, 0.2) is 29.4 Å². The number of sulfonamides is 1. The number of aromatic nitrogens is 1. The molecule has 0 aliphatic heterocycles. The Morgan fingerprint density at radius 1 is 1.26 bits per heavy atom. The maximum absolute atomic E-state index is 12.5. The summed E-state index contributed by atoms with van der Waals surface area (Å²) in [5.41, 5.74) is 0.121. The van der Waals surface area contributed by atoms with Gasteiger partial charge in [-0.05, 0) is 30.4 Å². The summed E-state index contributed by atoms with van der Waals surface area (Å²) < 4.78 is 26.6. The minimum atomic E-state index is -3.41. The van der Waals surface area contributed by atoms with Crippen molar-refractivity contribution in [3.63, 3.8) is 0 Å². The molecule has 1 rings (SSSR count). The third-order valence-electron chi connectivity index (χ3n) is 2.86. The van der Waals surface area contributed by atoms with E-state index in [1.54, 1.807) is 22.6 Å². The van der Waals surface area contributed by atoms with Crippen molar-refractivity contribution in [1.29, 1.82) is 0 Å². The topological polar surface area (TPSA) is 50.3 Å². The summed E-state index contributed by atoms with van der Waals surface area (Å²) in [6.07, 6.45) is 4.64. The highest BCUT2D eigenvalue weighted by Crippen LogP contribution is 2.22. The summed E-state index contributed by atoms with van der Waals surface area (Å²) in [6, 6.07) is 3.25. The molecule has 19 heavy (non-hydrogen) atoms. The lowest BCUT2D eigenvalue weighted by Crippen LogP contribution is -2.34. The molecule has 0 bridgehead atoms. The highest BCUT2D eigenvalue weighted by Gasteiger charge is 2.25. The van der Waals surface area contributed by atoms with Gasteiger partial charge in [0, 0.05) is 25.5 Å². The largest absolute Gasteiger partial charge is 0.263 e. The molecule has 1 heterocycles. The van der Waals surface area contributed by atoms with Crippen molar-refractivity contribution in [3.8, 4) is 0 Å². The molecule has 0 atom stereocenters. The van der Waals surface area contributed by atoms with Crippen LogP contribution in [0.3, 0.4) is 0 Å². The first-order valence-corrected chi connectivity index (χ1v) is 8.11. The van der Waals surface area contributed by atoms with Gasteiger partial charge in [0.2, 0.25) is 10.0 Å². The summed E-state index contributed by atoms with van der Waals surface area (Å²) in [4.78, 5) is 4.17. The predicted octanol–water partition coefficient (Wildman–Crippen LogP) is 2.92. The molecule has 0 fully saturated rings. The molecular formula is C14H24N2O2S. The molecule has 0 amide bonds. The Bertz CT molecular complexity index is 478. The fraction of sp³-hybridized carbons (Fsp3) is 0.643. The van der Waals surface area contributed by atoms with Gasteiger partial charge in [0.15, 0.2) is 0 Å². The highest BCUT2D eigenvalue weighted by molar-refractivity contribution is 7.89. The Labute approximate surface area is 116 Å². The van der Waals surface area contributed by atoms with Crippen LogP contribution < -0.4 is 0 Å². The van der Waals surface area contributed by atoms with Gasteiger partial charge in [-0.25, -0.2) is 8.42 Å². The van der Waals surface area contributed by atoms with Crippen LogP contribution in [0, 0.1) is 5.41 Å². The Morgan fingerprint density at radius 2 is 1.95 bits per heavy atom. The molecule has 0 saturated carbocycles. The number of rotatable bonds is 6. The molecule has 0 unspecified atom stereocenters. The third-order valence-corrected chi connectivity index (χ3v) is 4.74. The van der Waals surface area contributed by atoms with Crippen molar-refractivity contribution in [2.45, 2.75) is 45.4 Å². The van der Waals surface area contributed by atoms with E-state index < -0.39 is 10.0 Å². The Kier molecular flexibility index (Phi) is 5.50. The number of hydrogen-bond donors (Lipinski definition) is 0. The van der Waals surface area contributed by atoms with Crippen LogP contribution in [0.5, 0.6) is 0 Å². The van der Waals surface area contributed by atoms with Crippen molar-refractivity contribution in [2.75, 3.05) is 13.1 Å². The van der Waals surface area contributed by atoms with E-state index in [0.717, 1.165) is 12.8 Å². The van der Waals surface area contributed by atoms with Crippen LogP contribution in [0.2, 0.25) is 0 Å². The van der Waals surface area contributed by atoms with Crippen LogP contribution in [0.1, 0.15) is 40.5 Å². The zero-order chi connectivity index (χ0) is 14.5. The average Bonchev–Trinajstić information content (AvgIpc) is 2.34. The lowest BCUT2D eigenvalue weighted by atomic mass is 9.92. The minimum absolute atomic E-state index is 0.121. The second-order valence-electron chi connectivity index (χ2n) is 5.90. The Balaban J connectivity index is 2.92. The lowest BCUT2D eigenvalue weighted by Gasteiger charge is -2.26. The van der Waals surface area contributed by atoms with E-state index in [0.29, 0.717) is 13.1 Å². The van der Waals surface area contributed by atoms with E-state index in [9.17, 15) is 8.42 Å². The zero-order valence-corrected chi connectivity index (χ0v) is 13.1. The van der Waals surface area contributed by atoms with Crippen molar-refractivity contribution in [1.82, 2.24) is 9.29 Å². The van der Waals surface area contributed by atoms with Crippen LogP contribution in [-0.2, 0) is 10.0 Å². The fourth-order valence-corrected chi connectivity index (χ4v) is 3.21. The van der Waals surface area contributed by atoms with E-state index in [-0.39, 0.29) is 10.3 Å². The van der Waals surface area contributed by atoms with Crippen LogP contribution in [0.4, 0.5) is 0 Å². The molecule has 0 aromatic carbocycles. The minimum Gasteiger partial charge on any atom is -0.263 e. The number of pyridine rings is 1. The van der Waals surface area contributed by atoms with Gasteiger partial charge in [-0.1, -0.05) is 27.7 Å². The van der Waals surface area contributed by atoms with Gasteiger partial charge in [-0.2, -0.15) is 4.31 Å². The monoisotopic (exact) mass is 284 g/mol. The van der Waals surface area contributed by atoms with E-state index >= 15 is 0 Å². The molecule has 4 nitrogen and oxygen atoms in total. The SMILES string of the molecule is CCCN(CCC(C)(C)C)S(=O)(=O)c1cccnc1. The summed E-state index contributed by atoms with van der Waals surface area (Å²) in [5, 5.41) is 0. The molecule has 0 aliphatic rings. The van der Waals surface area contributed by atoms with Gasteiger partial charge < -0.3 is 0 Å². The molecule has 0 spiro atoms. The second-order valence-corrected chi connectivity index (χ2v) is 7.84. The van der Waals surface area contributed by atoms with Crippen molar-refractivity contribution in [2.24, 2.45) is 5.41 Å². The lowest BCUT2D eigenvalue weighted by molar-refractivity contribution is 0.310. The summed E-state index contributed by atoms with van der Waals surface area (Å²) in [7, 11) is -3.41. The van der Waals surface area contributed by atoms with Crippen LogP contribution in [0.25, 0.3) is 0 Å². The zero-order valence-electron chi connectivity index (χ0n) is 12.3. The van der Waals surface area contributed by atoms with E-state index in [4.69, 9.17) is 0 Å². The highest BCUT2D eigenvalue weighted by atomic mass is 32.2. The van der Waals surface area contributed by atoms with Crippen molar-refractivity contribution in [3.05, 3.63) is 24.5 Å². The van der Waals surface area contributed by atoms with Gasteiger partial charge in [0.1, 0.15) is 4.90 Å². The first kappa shape index (κ1) is 16.1. The maximum atomic E-state index is 12.5. The normalized spacial score (nSPS) is 12.9. The smallest absolute Gasteiger partial charge is 0.244 e. The van der Waals surface area contributed by atoms with Gasteiger partial charge in [0.05, 0.1) is 0 Å². The van der Waals surface area contributed by atoms with Crippen LogP contribution >= 0.6 is 0 Å². The third kappa shape index (κ3) is 4.91.